The average molecular weight is 465 g/mol. The van der Waals surface area contributed by atoms with Crippen molar-refractivity contribution in [3.8, 4) is 17.1 Å². The Hall–Kier alpha value is -3.33. The summed E-state index contributed by atoms with van der Waals surface area (Å²) in [4.78, 5) is 25.1. The molecule has 5 rings (SSSR count). The SMILES string of the molecule is COc1ccc(-c2noc(N3CCC(C(=O)NCC4CCN(Cc5ccc[nH]5)C4)CC3)n2)cc1. The molecule has 1 amide bonds. The Bertz CT molecular complexity index is 1060. The lowest BCUT2D eigenvalue weighted by Gasteiger charge is -2.30. The van der Waals surface area contributed by atoms with Crippen LogP contribution >= 0.6 is 0 Å². The van der Waals surface area contributed by atoms with E-state index in [4.69, 9.17) is 9.26 Å². The number of hydrogen-bond acceptors (Lipinski definition) is 7. The highest BCUT2D eigenvalue weighted by molar-refractivity contribution is 5.79. The fraction of sp³-hybridized carbons (Fsp3) is 0.480. The molecule has 180 valence electrons. The number of anilines is 1. The number of ether oxygens (including phenoxy) is 1. The highest BCUT2D eigenvalue weighted by atomic mass is 16.5. The van der Waals surface area contributed by atoms with Gasteiger partial charge in [-0.1, -0.05) is 5.16 Å². The van der Waals surface area contributed by atoms with Crippen molar-refractivity contribution in [1.82, 2.24) is 25.3 Å². The van der Waals surface area contributed by atoms with Crippen molar-refractivity contribution in [2.24, 2.45) is 11.8 Å². The number of aromatic nitrogens is 3. The third-order valence-corrected chi connectivity index (χ3v) is 6.89. The van der Waals surface area contributed by atoms with E-state index in [2.05, 4.69) is 36.3 Å². The zero-order valence-electron chi connectivity index (χ0n) is 19.6. The van der Waals surface area contributed by atoms with Crippen LogP contribution in [0.5, 0.6) is 5.75 Å². The maximum Gasteiger partial charge on any atom is 0.324 e. The number of nitrogens with zero attached hydrogens (tertiary/aromatic N) is 4. The van der Waals surface area contributed by atoms with Gasteiger partial charge in [-0.25, -0.2) is 0 Å². The van der Waals surface area contributed by atoms with Crippen molar-refractivity contribution < 1.29 is 14.1 Å². The van der Waals surface area contributed by atoms with E-state index in [0.29, 0.717) is 17.8 Å². The Labute approximate surface area is 199 Å². The first-order valence-corrected chi connectivity index (χ1v) is 12.0. The zero-order chi connectivity index (χ0) is 23.3. The molecule has 0 saturated carbocycles. The van der Waals surface area contributed by atoms with Crippen molar-refractivity contribution in [3.63, 3.8) is 0 Å². The average Bonchev–Trinajstić information content (AvgIpc) is 3.66. The van der Waals surface area contributed by atoms with Gasteiger partial charge in [-0.15, -0.1) is 0 Å². The predicted molar refractivity (Wildman–Crippen MR) is 128 cm³/mol. The third kappa shape index (κ3) is 5.25. The maximum absolute atomic E-state index is 12.8. The van der Waals surface area contributed by atoms with E-state index in [1.54, 1.807) is 7.11 Å². The molecule has 2 saturated heterocycles. The number of amides is 1. The highest BCUT2D eigenvalue weighted by Gasteiger charge is 2.29. The lowest BCUT2D eigenvalue weighted by atomic mass is 9.96. The molecule has 9 heteroatoms. The summed E-state index contributed by atoms with van der Waals surface area (Å²) in [5.41, 5.74) is 2.12. The fourth-order valence-corrected chi connectivity index (χ4v) is 4.85. The summed E-state index contributed by atoms with van der Waals surface area (Å²) < 4.78 is 10.7. The van der Waals surface area contributed by atoms with Gasteiger partial charge in [0, 0.05) is 56.1 Å². The number of carbonyl (C=O) groups excluding carboxylic acids is 1. The number of H-pyrrole nitrogens is 1. The summed E-state index contributed by atoms with van der Waals surface area (Å²) in [5, 5.41) is 7.33. The number of nitrogens with one attached hydrogen (secondary N) is 2. The number of hydrogen-bond donors (Lipinski definition) is 2. The second-order valence-corrected chi connectivity index (χ2v) is 9.22. The number of piperidine rings is 1. The molecule has 2 fully saturated rings. The smallest absolute Gasteiger partial charge is 0.324 e. The van der Waals surface area contributed by atoms with Crippen LogP contribution in [0.1, 0.15) is 25.0 Å². The predicted octanol–water partition coefficient (Wildman–Crippen LogP) is 2.93. The molecule has 1 unspecified atom stereocenters. The summed E-state index contributed by atoms with van der Waals surface area (Å²) in [6.45, 7) is 5.29. The van der Waals surface area contributed by atoms with Gasteiger partial charge in [-0.3, -0.25) is 9.69 Å². The summed E-state index contributed by atoms with van der Waals surface area (Å²) >= 11 is 0. The number of methoxy groups -OCH3 is 1. The van der Waals surface area contributed by atoms with Gasteiger partial charge in [0.25, 0.3) is 0 Å². The van der Waals surface area contributed by atoms with Gasteiger partial charge in [-0.2, -0.15) is 4.98 Å². The quantitative estimate of drug-likeness (QED) is 0.529. The Morgan fingerprint density at radius 3 is 2.74 bits per heavy atom. The van der Waals surface area contributed by atoms with Crippen molar-refractivity contribution in [2.45, 2.75) is 25.8 Å². The standard InChI is InChI=1S/C25H32N6O3/c1-33-22-6-4-19(5-7-22)23-28-25(34-29-23)31-13-9-20(10-14-31)24(32)27-15-18-8-12-30(16-18)17-21-3-2-11-26-21/h2-7,11,18,20,26H,8-10,12-17H2,1H3,(H,27,32). The van der Waals surface area contributed by atoms with Gasteiger partial charge in [0.15, 0.2) is 0 Å². The second-order valence-electron chi connectivity index (χ2n) is 9.22. The van der Waals surface area contributed by atoms with Gasteiger partial charge >= 0.3 is 6.01 Å². The van der Waals surface area contributed by atoms with Gasteiger partial charge in [0.2, 0.25) is 11.7 Å². The van der Waals surface area contributed by atoms with Crippen LogP contribution in [0.2, 0.25) is 0 Å². The largest absolute Gasteiger partial charge is 0.497 e. The van der Waals surface area contributed by atoms with E-state index >= 15 is 0 Å². The van der Waals surface area contributed by atoms with Crippen molar-refractivity contribution >= 4 is 11.9 Å². The number of carbonyl (C=O) groups is 1. The third-order valence-electron chi connectivity index (χ3n) is 6.89. The van der Waals surface area contributed by atoms with Crippen LogP contribution in [-0.4, -0.2) is 65.8 Å². The van der Waals surface area contributed by atoms with E-state index in [0.717, 1.165) is 69.8 Å². The monoisotopic (exact) mass is 464 g/mol. The van der Waals surface area contributed by atoms with Crippen molar-refractivity contribution in [1.29, 1.82) is 0 Å². The molecule has 9 nitrogen and oxygen atoms in total. The highest BCUT2D eigenvalue weighted by Crippen LogP contribution is 2.26. The van der Waals surface area contributed by atoms with Gasteiger partial charge < -0.3 is 24.5 Å². The zero-order valence-corrected chi connectivity index (χ0v) is 19.6. The Morgan fingerprint density at radius 2 is 2.00 bits per heavy atom. The Morgan fingerprint density at radius 1 is 1.18 bits per heavy atom. The van der Waals surface area contributed by atoms with Crippen molar-refractivity contribution in [2.75, 3.05) is 44.7 Å². The molecule has 3 aromatic rings. The van der Waals surface area contributed by atoms with E-state index in [9.17, 15) is 4.79 Å². The molecule has 4 heterocycles. The number of likely N-dealkylation sites (tertiary alicyclic amines) is 1. The van der Waals surface area contributed by atoms with Gasteiger partial charge in [0.1, 0.15) is 5.75 Å². The maximum atomic E-state index is 12.8. The number of rotatable bonds is 8. The van der Waals surface area contributed by atoms with Crippen LogP contribution in [0.4, 0.5) is 6.01 Å². The Balaban J connectivity index is 1.05. The molecule has 0 spiro atoms. The van der Waals surface area contributed by atoms with Crippen LogP contribution in [-0.2, 0) is 11.3 Å². The van der Waals surface area contributed by atoms with Crippen LogP contribution in [0.3, 0.4) is 0 Å². The number of aromatic amines is 1. The Kier molecular flexibility index (Phi) is 6.80. The minimum atomic E-state index is 0.0386. The molecule has 34 heavy (non-hydrogen) atoms. The fourth-order valence-electron chi connectivity index (χ4n) is 4.85. The van der Waals surface area contributed by atoms with E-state index in [1.165, 1.54) is 5.69 Å². The first kappa shape index (κ1) is 22.5. The molecule has 0 bridgehead atoms. The van der Waals surface area contributed by atoms with Crippen LogP contribution < -0.4 is 15.0 Å². The molecule has 2 aromatic heterocycles. The van der Waals surface area contributed by atoms with Crippen LogP contribution in [0.15, 0.2) is 47.1 Å². The van der Waals surface area contributed by atoms with E-state index in [-0.39, 0.29) is 11.8 Å². The van der Waals surface area contributed by atoms with Gasteiger partial charge in [-0.05, 0) is 68.1 Å². The lowest BCUT2D eigenvalue weighted by molar-refractivity contribution is -0.125. The molecule has 0 radical (unpaired) electrons. The first-order chi connectivity index (χ1) is 16.7. The second kappa shape index (κ2) is 10.3. The van der Waals surface area contributed by atoms with Crippen LogP contribution in [0, 0.1) is 11.8 Å². The summed E-state index contributed by atoms with van der Waals surface area (Å²) in [7, 11) is 1.64. The first-order valence-electron chi connectivity index (χ1n) is 12.0. The minimum absolute atomic E-state index is 0.0386. The van der Waals surface area contributed by atoms with Gasteiger partial charge in [0.05, 0.1) is 7.11 Å². The molecule has 2 aliphatic heterocycles. The van der Waals surface area contributed by atoms with E-state index < -0.39 is 0 Å². The molecule has 2 aliphatic rings. The topological polar surface area (TPSA) is 99.5 Å². The molecular weight excluding hydrogens is 432 g/mol. The molecular formula is C25H32N6O3. The number of benzene rings is 1. The molecule has 1 aromatic carbocycles. The molecule has 0 aliphatic carbocycles. The normalized spacial score (nSPS) is 19.4. The minimum Gasteiger partial charge on any atom is -0.497 e. The summed E-state index contributed by atoms with van der Waals surface area (Å²) in [6.07, 6.45) is 4.67. The molecule has 1 atom stereocenters. The van der Waals surface area contributed by atoms with E-state index in [1.807, 2.05) is 36.5 Å². The lowest BCUT2D eigenvalue weighted by Crippen LogP contribution is -2.42. The van der Waals surface area contributed by atoms with Crippen molar-refractivity contribution in [3.05, 3.63) is 48.3 Å². The van der Waals surface area contributed by atoms with Crippen LogP contribution in [0.25, 0.3) is 11.4 Å². The summed E-state index contributed by atoms with van der Waals surface area (Å²) in [6, 6.07) is 12.2. The molecule has 2 N–H and O–H groups in total. The summed E-state index contributed by atoms with van der Waals surface area (Å²) in [5.74, 6) is 2.08.